The molecule has 0 aliphatic carbocycles. The van der Waals surface area contributed by atoms with E-state index in [-0.39, 0.29) is 36.2 Å². The van der Waals surface area contributed by atoms with Crippen molar-refractivity contribution in [3.8, 4) is 0 Å². The molecule has 0 aromatic heterocycles. The van der Waals surface area contributed by atoms with Gasteiger partial charge in [0.05, 0.1) is 12.7 Å². The second-order valence-corrected chi connectivity index (χ2v) is 5.86. The summed E-state index contributed by atoms with van der Waals surface area (Å²) >= 11 is 0. The first kappa shape index (κ1) is 12.8. The molecule has 3 aliphatic rings. The van der Waals surface area contributed by atoms with E-state index in [2.05, 4.69) is 6.92 Å². The molecule has 3 aliphatic heterocycles. The lowest BCUT2D eigenvalue weighted by Gasteiger charge is -2.38. The number of ether oxygens (including phenoxy) is 4. The molecule has 0 aromatic carbocycles. The van der Waals surface area contributed by atoms with Crippen LogP contribution < -0.4 is 5.73 Å². The Kier molecular flexibility index (Phi) is 3.12. The van der Waals surface area contributed by atoms with E-state index >= 15 is 0 Å². The fourth-order valence-corrected chi connectivity index (χ4v) is 2.92. The molecule has 0 spiro atoms. The third-order valence-corrected chi connectivity index (χ3v) is 4.08. The molecule has 3 saturated heterocycles. The van der Waals surface area contributed by atoms with Crippen LogP contribution in [0.1, 0.15) is 26.7 Å². The van der Waals surface area contributed by atoms with E-state index in [9.17, 15) is 5.11 Å². The van der Waals surface area contributed by atoms with Gasteiger partial charge in [-0.15, -0.1) is 0 Å². The number of aliphatic hydroxyl groups is 1. The van der Waals surface area contributed by atoms with Crippen LogP contribution in [-0.2, 0) is 18.9 Å². The van der Waals surface area contributed by atoms with Crippen molar-refractivity contribution >= 4 is 0 Å². The molecular formula is C12H21NO5. The van der Waals surface area contributed by atoms with E-state index in [0.717, 1.165) is 13.0 Å². The van der Waals surface area contributed by atoms with Gasteiger partial charge in [0.15, 0.2) is 18.9 Å². The fourth-order valence-electron chi connectivity index (χ4n) is 2.92. The summed E-state index contributed by atoms with van der Waals surface area (Å²) in [6, 6.07) is -0.237. The molecule has 6 nitrogen and oxygen atoms in total. The van der Waals surface area contributed by atoms with E-state index in [1.54, 1.807) is 0 Å². The molecule has 0 saturated carbocycles. The standard InChI is InChI=1S/C12H21NO5/c1-6-10(7(13)3-8(14)16-6)17-9-4-12(2)5-15-11(12)18-9/h6-11,14H,3-5,13H2,1-2H3. The minimum Gasteiger partial charge on any atom is -0.368 e. The Morgan fingerprint density at radius 3 is 2.67 bits per heavy atom. The average Bonchev–Trinajstić information content (AvgIpc) is 2.48. The van der Waals surface area contributed by atoms with Crippen molar-refractivity contribution < 1.29 is 24.1 Å². The Balaban J connectivity index is 1.59. The molecule has 0 radical (unpaired) electrons. The van der Waals surface area contributed by atoms with Gasteiger partial charge in [-0.1, -0.05) is 6.92 Å². The Morgan fingerprint density at radius 1 is 1.39 bits per heavy atom. The number of rotatable bonds is 2. The van der Waals surface area contributed by atoms with Gasteiger partial charge in [0, 0.05) is 24.3 Å². The third-order valence-electron chi connectivity index (χ3n) is 4.08. The van der Waals surface area contributed by atoms with Gasteiger partial charge < -0.3 is 29.8 Å². The molecule has 3 heterocycles. The highest BCUT2D eigenvalue weighted by atomic mass is 16.8. The van der Waals surface area contributed by atoms with Gasteiger partial charge in [0.25, 0.3) is 0 Å². The molecule has 7 atom stereocenters. The van der Waals surface area contributed by atoms with Crippen LogP contribution in [-0.4, -0.2) is 48.8 Å². The van der Waals surface area contributed by atoms with Gasteiger partial charge in [-0.2, -0.15) is 0 Å². The van der Waals surface area contributed by atoms with Crippen molar-refractivity contribution in [3.05, 3.63) is 0 Å². The van der Waals surface area contributed by atoms with Crippen LogP contribution in [0.3, 0.4) is 0 Å². The second kappa shape index (κ2) is 4.40. The van der Waals surface area contributed by atoms with E-state index in [0.29, 0.717) is 6.42 Å². The SMILES string of the molecule is CC1OC(O)CC(N)C1OC1CC2(C)COC2O1. The van der Waals surface area contributed by atoms with Crippen molar-refractivity contribution in [1.29, 1.82) is 0 Å². The number of aliphatic hydroxyl groups excluding tert-OH is 1. The third kappa shape index (κ3) is 2.07. The van der Waals surface area contributed by atoms with Crippen molar-refractivity contribution in [2.75, 3.05) is 6.61 Å². The van der Waals surface area contributed by atoms with Crippen LogP contribution in [0, 0.1) is 5.41 Å². The van der Waals surface area contributed by atoms with Crippen LogP contribution in [0.15, 0.2) is 0 Å². The van der Waals surface area contributed by atoms with Crippen molar-refractivity contribution in [3.63, 3.8) is 0 Å². The van der Waals surface area contributed by atoms with Crippen LogP contribution in [0.4, 0.5) is 0 Å². The van der Waals surface area contributed by atoms with E-state index < -0.39 is 6.29 Å². The first-order valence-corrected chi connectivity index (χ1v) is 6.49. The summed E-state index contributed by atoms with van der Waals surface area (Å²) in [4.78, 5) is 0. The van der Waals surface area contributed by atoms with Crippen LogP contribution >= 0.6 is 0 Å². The highest BCUT2D eigenvalue weighted by Crippen LogP contribution is 2.47. The maximum Gasteiger partial charge on any atom is 0.168 e. The Labute approximate surface area is 106 Å². The minimum atomic E-state index is -0.795. The maximum absolute atomic E-state index is 9.45. The van der Waals surface area contributed by atoms with E-state index in [1.165, 1.54) is 0 Å². The predicted octanol–water partition coefficient (Wildman–Crippen LogP) is -0.0649. The highest BCUT2D eigenvalue weighted by molar-refractivity contribution is 4.93. The quantitative estimate of drug-likeness (QED) is 0.722. The highest BCUT2D eigenvalue weighted by Gasteiger charge is 2.54. The fraction of sp³-hybridized carbons (Fsp3) is 1.00. The van der Waals surface area contributed by atoms with Crippen LogP contribution in [0.2, 0.25) is 0 Å². The Morgan fingerprint density at radius 2 is 2.17 bits per heavy atom. The zero-order valence-electron chi connectivity index (χ0n) is 10.7. The lowest BCUT2D eigenvalue weighted by Crippen LogP contribution is -2.53. The molecule has 3 fully saturated rings. The lowest BCUT2D eigenvalue weighted by molar-refractivity contribution is -0.300. The smallest absolute Gasteiger partial charge is 0.168 e. The number of hydrogen-bond donors (Lipinski definition) is 2. The molecule has 18 heavy (non-hydrogen) atoms. The summed E-state index contributed by atoms with van der Waals surface area (Å²) in [6.07, 6.45) is -0.520. The molecule has 0 aromatic rings. The zero-order valence-corrected chi connectivity index (χ0v) is 10.7. The largest absolute Gasteiger partial charge is 0.368 e. The number of nitrogens with two attached hydrogens (primary N) is 1. The lowest BCUT2D eigenvalue weighted by atomic mass is 9.85. The summed E-state index contributed by atoms with van der Waals surface area (Å²) in [6.45, 7) is 4.71. The molecule has 6 heteroatoms. The number of fused-ring (bicyclic) bond motifs is 1. The molecule has 0 bridgehead atoms. The monoisotopic (exact) mass is 259 g/mol. The summed E-state index contributed by atoms with van der Waals surface area (Å²) in [5.41, 5.74) is 6.08. The van der Waals surface area contributed by atoms with Gasteiger partial charge in [-0.3, -0.25) is 0 Å². The minimum absolute atomic E-state index is 0.0764. The average molecular weight is 259 g/mol. The van der Waals surface area contributed by atoms with E-state index in [4.69, 9.17) is 24.7 Å². The van der Waals surface area contributed by atoms with E-state index in [1.807, 2.05) is 6.92 Å². The Hall–Kier alpha value is -0.240. The maximum atomic E-state index is 9.45. The summed E-state index contributed by atoms with van der Waals surface area (Å²) < 4.78 is 22.3. The Bertz CT molecular complexity index is 316. The normalized spacial score (nSPS) is 56.0. The van der Waals surface area contributed by atoms with Crippen LogP contribution in [0.25, 0.3) is 0 Å². The first-order valence-electron chi connectivity index (χ1n) is 6.49. The van der Waals surface area contributed by atoms with Crippen molar-refractivity contribution in [1.82, 2.24) is 0 Å². The molecule has 104 valence electrons. The molecule has 7 unspecified atom stereocenters. The van der Waals surface area contributed by atoms with Gasteiger partial charge in [0.2, 0.25) is 0 Å². The predicted molar refractivity (Wildman–Crippen MR) is 61.4 cm³/mol. The van der Waals surface area contributed by atoms with Gasteiger partial charge in [0.1, 0.15) is 6.10 Å². The summed E-state index contributed by atoms with van der Waals surface area (Å²) in [5, 5.41) is 9.45. The summed E-state index contributed by atoms with van der Waals surface area (Å²) in [5.74, 6) is 0. The van der Waals surface area contributed by atoms with Gasteiger partial charge in [-0.25, -0.2) is 0 Å². The second-order valence-electron chi connectivity index (χ2n) is 5.86. The number of hydrogen-bond acceptors (Lipinski definition) is 6. The molecule has 3 N–H and O–H groups in total. The molecule has 0 amide bonds. The first-order chi connectivity index (χ1) is 8.48. The molecule has 3 rings (SSSR count). The van der Waals surface area contributed by atoms with Crippen LogP contribution in [0.5, 0.6) is 0 Å². The van der Waals surface area contributed by atoms with Gasteiger partial charge in [-0.05, 0) is 6.92 Å². The zero-order chi connectivity index (χ0) is 12.9. The van der Waals surface area contributed by atoms with Crippen molar-refractivity contribution in [2.45, 2.75) is 63.8 Å². The topological polar surface area (TPSA) is 83.2 Å². The summed E-state index contributed by atoms with van der Waals surface area (Å²) in [7, 11) is 0. The molecular weight excluding hydrogens is 238 g/mol. The van der Waals surface area contributed by atoms with Crippen molar-refractivity contribution in [2.24, 2.45) is 11.1 Å². The van der Waals surface area contributed by atoms with Gasteiger partial charge >= 0.3 is 0 Å².